The Bertz CT molecular complexity index is 522. The van der Waals surface area contributed by atoms with Crippen LogP contribution in [0.5, 0.6) is 0 Å². The summed E-state index contributed by atoms with van der Waals surface area (Å²) in [6.45, 7) is 3.65. The molecule has 1 aliphatic rings. The number of nitrogens with two attached hydrogens (primary N) is 1. The SMILES string of the molecule is CC(C)NC(=O)c1c(N)sc2c1CCC(C(F)(F)F)C2. The van der Waals surface area contributed by atoms with Crippen LogP contribution in [-0.4, -0.2) is 18.1 Å². The number of thiophene rings is 1. The highest BCUT2D eigenvalue weighted by Gasteiger charge is 2.42. The van der Waals surface area contributed by atoms with Gasteiger partial charge in [-0.25, -0.2) is 0 Å². The van der Waals surface area contributed by atoms with Gasteiger partial charge in [-0.3, -0.25) is 4.79 Å². The average molecular weight is 306 g/mol. The highest BCUT2D eigenvalue weighted by Crippen LogP contribution is 2.43. The van der Waals surface area contributed by atoms with Crippen LogP contribution in [0.25, 0.3) is 0 Å². The molecule has 112 valence electrons. The molecule has 1 amide bonds. The van der Waals surface area contributed by atoms with Crippen molar-refractivity contribution in [2.45, 2.75) is 45.3 Å². The van der Waals surface area contributed by atoms with E-state index in [1.807, 2.05) is 13.8 Å². The summed E-state index contributed by atoms with van der Waals surface area (Å²) in [6.07, 6.45) is -3.97. The van der Waals surface area contributed by atoms with E-state index in [2.05, 4.69) is 5.32 Å². The Morgan fingerprint density at radius 3 is 2.65 bits per heavy atom. The molecule has 7 heteroatoms. The van der Waals surface area contributed by atoms with E-state index < -0.39 is 12.1 Å². The number of carbonyl (C=O) groups is 1. The van der Waals surface area contributed by atoms with E-state index in [1.165, 1.54) is 0 Å². The van der Waals surface area contributed by atoms with Gasteiger partial charge in [-0.1, -0.05) is 0 Å². The minimum Gasteiger partial charge on any atom is -0.390 e. The van der Waals surface area contributed by atoms with Crippen LogP contribution >= 0.6 is 11.3 Å². The number of halogens is 3. The fourth-order valence-electron chi connectivity index (χ4n) is 2.47. The summed E-state index contributed by atoms with van der Waals surface area (Å²) in [5.74, 6) is -1.62. The molecule has 1 aromatic rings. The van der Waals surface area contributed by atoms with Crippen LogP contribution in [0.2, 0.25) is 0 Å². The van der Waals surface area contributed by atoms with Crippen molar-refractivity contribution < 1.29 is 18.0 Å². The van der Waals surface area contributed by atoms with Crippen molar-refractivity contribution in [2.75, 3.05) is 5.73 Å². The molecule has 0 bridgehead atoms. The third-order valence-electron chi connectivity index (χ3n) is 3.40. The first-order chi connectivity index (χ1) is 9.20. The first-order valence-corrected chi connectivity index (χ1v) is 7.29. The van der Waals surface area contributed by atoms with Gasteiger partial charge in [-0.05, 0) is 38.7 Å². The summed E-state index contributed by atoms with van der Waals surface area (Å²) in [7, 11) is 0. The van der Waals surface area contributed by atoms with Crippen LogP contribution < -0.4 is 11.1 Å². The van der Waals surface area contributed by atoms with Gasteiger partial charge in [0.2, 0.25) is 0 Å². The lowest BCUT2D eigenvalue weighted by Gasteiger charge is -2.24. The number of carbonyl (C=O) groups excluding carboxylic acids is 1. The predicted molar refractivity (Wildman–Crippen MR) is 72.9 cm³/mol. The summed E-state index contributed by atoms with van der Waals surface area (Å²) in [5, 5.41) is 3.06. The van der Waals surface area contributed by atoms with Crippen molar-refractivity contribution in [3.8, 4) is 0 Å². The molecule has 0 saturated carbocycles. The minimum atomic E-state index is -4.18. The minimum absolute atomic E-state index is 0.0225. The standard InChI is InChI=1S/C13H17F3N2OS/c1-6(2)18-12(19)10-8-4-3-7(13(14,15)16)5-9(8)20-11(10)17/h6-7H,3-5,17H2,1-2H3,(H,18,19). The molecule has 1 atom stereocenters. The van der Waals surface area contributed by atoms with Gasteiger partial charge in [0.15, 0.2) is 0 Å². The zero-order chi connectivity index (χ0) is 15.1. The van der Waals surface area contributed by atoms with Crippen molar-refractivity contribution >= 4 is 22.2 Å². The highest BCUT2D eigenvalue weighted by atomic mass is 32.1. The third-order valence-corrected chi connectivity index (χ3v) is 4.49. The van der Waals surface area contributed by atoms with Crippen LogP contribution in [0.1, 0.15) is 41.1 Å². The first-order valence-electron chi connectivity index (χ1n) is 6.47. The number of nitrogen functional groups attached to an aromatic ring is 1. The predicted octanol–water partition coefficient (Wildman–Crippen LogP) is 3.14. The molecule has 0 fully saturated rings. The molecule has 1 aliphatic carbocycles. The quantitative estimate of drug-likeness (QED) is 0.882. The molecule has 0 aliphatic heterocycles. The van der Waals surface area contributed by atoms with Crippen LogP contribution in [0.4, 0.5) is 18.2 Å². The molecule has 3 nitrogen and oxygen atoms in total. The van der Waals surface area contributed by atoms with Gasteiger partial charge in [0.25, 0.3) is 5.91 Å². The number of fused-ring (bicyclic) bond motifs is 1. The molecule has 1 unspecified atom stereocenters. The maximum absolute atomic E-state index is 12.8. The lowest BCUT2D eigenvalue weighted by Crippen LogP contribution is -2.32. The highest BCUT2D eigenvalue weighted by molar-refractivity contribution is 7.16. The Labute approximate surface area is 119 Å². The smallest absolute Gasteiger partial charge is 0.390 e. The normalized spacial score (nSPS) is 19.0. The Kier molecular flexibility index (Phi) is 4.00. The van der Waals surface area contributed by atoms with E-state index in [1.54, 1.807) is 0 Å². The zero-order valence-electron chi connectivity index (χ0n) is 11.3. The fourth-order valence-corrected chi connectivity index (χ4v) is 3.67. The van der Waals surface area contributed by atoms with E-state index in [4.69, 9.17) is 5.73 Å². The summed E-state index contributed by atoms with van der Waals surface area (Å²) < 4.78 is 38.3. The van der Waals surface area contributed by atoms with E-state index in [0.717, 1.165) is 11.3 Å². The maximum Gasteiger partial charge on any atom is 0.392 e. The van der Waals surface area contributed by atoms with E-state index >= 15 is 0 Å². The lowest BCUT2D eigenvalue weighted by molar-refractivity contribution is -0.176. The van der Waals surface area contributed by atoms with Crippen molar-refractivity contribution in [3.63, 3.8) is 0 Å². The van der Waals surface area contributed by atoms with Gasteiger partial charge in [-0.15, -0.1) is 11.3 Å². The van der Waals surface area contributed by atoms with Crippen LogP contribution in [0, 0.1) is 5.92 Å². The van der Waals surface area contributed by atoms with E-state index in [0.29, 0.717) is 21.0 Å². The van der Waals surface area contributed by atoms with Gasteiger partial charge in [-0.2, -0.15) is 13.2 Å². The fraction of sp³-hybridized carbons (Fsp3) is 0.615. The van der Waals surface area contributed by atoms with Crippen molar-refractivity contribution in [3.05, 3.63) is 16.0 Å². The second-order valence-corrected chi connectivity index (χ2v) is 6.49. The van der Waals surface area contributed by atoms with Gasteiger partial charge in [0.1, 0.15) is 0 Å². The maximum atomic E-state index is 12.8. The van der Waals surface area contributed by atoms with Gasteiger partial charge in [0, 0.05) is 10.9 Å². The van der Waals surface area contributed by atoms with Gasteiger partial charge >= 0.3 is 6.18 Å². The summed E-state index contributed by atoms with van der Waals surface area (Å²) in [4.78, 5) is 12.7. The van der Waals surface area contributed by atoms with Gasteiger partial charge < -0.3 is 11.1 Å². The number of nitrogens with one attached hydrogen (secondary N) is 1. The Morgan fingerprint density at radius 1 is 1.45 bits per heavy atom. The first kappa shape index (κ1) is 15.2. The largest absolute Gasteiger partial charge is 0.392 e. The van der Waals surface area contributed by atoms with E-state index in [-0.39, 0.29) is 31.2 Å². The Balaban J connectivity index is 2.28. The third kappa shape index (κ3) is 2.92. The molecular weight excluding hydrogens is 289 g/mol. The summed E-state index contributed by atoms with van der Waals surface area (Å²) in [6, 6.07) is -0.0380. The number of anilines is 1. The monoisotopic (exact) mass is 306 g/mol. The number of alkyl halides is 3. The zero-order valence-corrected chi connectivity index (χ0v) is 12.1. The average Bonchev–Trinajstić information content (AvgIpc) is 2.61. The molecule has 1 aromatic heterocycles. The van der Waals surface area contributed by atoms with Crippen LogP contribution in [-0.2, 0) is 12.8 Å². The molecule has 0 spiro atoms. The second-order valence-electron chi connectivity index (χ2n) is 5.35. The van der Waals surface area contributed by atoms with Crippen molar-refractivity contribution in [1.29, 1.82) is 0 Å². The number of rotatable bonds is 2. The molecular formula is C13H17F3N2OS. The van der Waals surface area contributed by atoms with Gasteiger partial charge in [0.05, 0.1) is 16.5 Å². The number of hydrogen-bond acceptors (Lipinski definition) is 3. The lowest BCUT2D eigenvalue weighted by atomic mass is 9.86. The molecule has 0 radical (unpaired) electrons. The topological polar surface area (TPSA) is 55.1 Å². The molecule has 0 saturated heterocycles. The van der Waals surface area contributed by atoms with Crippen LogP contribution in [0.15, 0.2) is 0 Å². The molecule has 1 heterocycles. The van der Waals surface area contributed by atoms with E-state index in [9.17, 15) is 18.0 Å². The molecule has 0 aromatic carbocycles. The van der Waals surface area contributed by atoms with Crippen molar-refractivity contribution in [1.82, 2.24) is 5.32 Å². The number of hydrogen-bond donors (Lipinski definition) is 2. The van der Waals surface area contributed by atoms with Crippen molar-refractivity contribution in [2.24, 2.45) is 5.92 Å². The Hall–Kier alpha value is -1.24. The Morgan fingerprint density at radius 2 is 2.10 bits per heavy atom. The second kappa shape index (κ2) is 5.27. The molecule has 3 N–H and O–H groups in total. The summed E-state index contributed by atoms with van der Waals surface area (Å²) in [5.41, 5.74) is 6.90. The number of amides is 1. The molecule has 20 heavy (non-hydrogen) atoms. The summed E-state index contributed by atoms with van der Waals surface area (Å²) >= 11 is 1.11. The molecule has 2 rings (SSSR count). The van der Waals surface area contributed by atoms with Crippen LogP contribution in [0.3, 0.4) is 0 Å².